The molecule has 1 aliphatic carbocycles. The summed E-state index contributed by atoms with van der Waals surface area (Å²) in [5, 5.41) is 8.85. The maximum absolute atomic E-state index is 12.1. The van der Waals surface area contributed by atoms with E-state index in [9.17, 15) is 4.79 Å². The quantitative estimate of drug-likeness (QED) is 0.892. The molecule has 1 amide bonds. The van der Waals surface area contributed by atoms with Crippen LogP contribution in [0.3, 0.4) is 0 Å². The van der Waals surface area contributed by atoms with Crippen LogP contribution in [0.25, 0.3) is 11.3 Å². The summed E-state index contributed by atoms with van der Waals surface area (Å²) in [5.74, 6) is 0.0346. The monoisotopic (exact) mass is 349 g/mol. The number of carbonyl (C=O) groups excluding carboxylic acids is 1. The summed E-state index contributed by atoms with van der Waals surface area (Å²) in [6, 6.07) is 6.55. The second-order valence-corrected chi connectivity index (χ2v) is 6.87. The van der Waals surface area contributed by atoms with E-state index in [1.165, 1.54) is 41.7 Å². The first kappa shape index (κ1) is 16.4. The molecule has 0 spiro atoms. The normalized spacial score (nSPS) is 19.2. The van der Waals surface area contributed by atoms with Crippen LogP contribution in [0.2, 0.25) is 0 Å². The molecule has 1 aromatic heterocycles. The predicted molar refractivity (Wildman–Crippen MR) is 96.5 cm³/mol. The van der Waals surface area contributed by atoms with E-state index in [2.05, 4.69) is 33.8 Å². The Morgan fingerprint density at radius 2 is 2.13 bits per heavy atom. The molecule has 1 saturated heterocycles. The first-order chi connectivity index (χ1) is 10.8. The van der Waals surface area contributed by atoms with Crippen LogP contribution in [0.4, 0.5) is 5.13 Å². The average Bonchev–Trinajstić information content (AvgIpc) is 3.27. The number of benzene rings is 1. The van der Waals surface area contributed by atoms with Gasteiger partial charge in [0.25, 0.3) is 0 Å². The van der Waals surface area contributed by atoms with Gasteiger partial charge in [-0.3, -0.25) is 4.79 Å². The fraction of sp³-hybridized carbons (Fsp3) is 0.412. The van der Waals surface area contributed by atoms with Crippen LogP contribution in [0.5, 0.6) is 0 Å². The van der Waals surface area contributed by atoms with E-state index in [4.69, 9.17) is 0 Å². The Morgan fingerprint density at radius 3 is 2.96 bits per heavy atom. The fourth-order valence-corrected chi connectivity index (χ4v) is 4.02. The van der Waals surface area contributed by atoms with Gasteiger partial charge in [0, 0.05) is 10.9 Å². The maximum Gasteiger partial charge on any atom is 0.243 e. The topological polar surface area (TPSA) is 54.0 Å². The molecular formula is C17H20ClN3OS. The molecule has 4 nitrogen and oxygen atoms in total. The number of fused-ring (bicyclic) bond motifs is 1. The minimum Gasteiger partial charge on any atom is -0.306 e. The highest BCUT2D eigenvalue weighted by molar-refractivity contribution is 7.14. The molecule has 1 aliphatic heterocycles. The van der Waals surface area contributed by atoms with E-state index in [-0.39, 0.29) is 24.4 Å². The predicted octanol–water partition coefficient (Wildman–Crippen LogP) is 3.41. The number of hydrogen-bond acceptors (Lipinski definition) is 4. The van der Waals surface area contributed by atoms with Crippen LogP contribution in [0.1, 0.15) is 30.4 Å². The third kappa shape index (κ3) is 3.42. The lowest BCUT2D eigenvalue weighted by atomic mass is 10.1. The van der Waals surface area contributed by atoms with Crippen LogP contribution in [-0.2, 0) is 17.6 Å². The van der Waals surface area contributed by atoms with Crippen molar-refractivity contribution in [1.29, 1.82) is 0 Å². The number of hydrogen-bond donors (Lipinski definition) is 2. The molecule has 0 saturated carbocycles. The second kappa shape index (κ2) is 6.99. The zero-order valence-corrected chi connectivity index (χ0v) is 14.4. The van der Waals surface area contributed by atoms with Crippen LogP contribution in [0.15, 0.2) is 23.6 Å². The van der Waals surface area contributed by atoms with Crippen molar-refractivity contribution in [3.05, 3.63) is 34.7 Å². The van der Waals surface area contributed by atoms with Gasteiger partial charge in [-0.15, -0.1) is 23.7 Å². The van der Waals surface area contributed by atoms with E-state index in [1.54, 1.807) is 0 Å². The van der Waals surface area contributed by atoms with Gasteiger partial charge in [-0.25, -0.2) is 4.98 Å². The summed E-state index contributed by atoms with van der Waals surface area (Å²) >= 11 is 1.49. The van der Waals surface area contributed by atoms with Crippen LogP contribution >= 0.6 is 23.7 Å². The van der Waals surface area contributed by atoms with Crippen LogP contribution in [-0.4, -0.2) is 23.5 Å². The molecule has 4 rings (SSSR count). The van der Waals surface area contributed by atoms with Gasteiger partial charge in [-0.2, -0.15) is 0 Å². The van der Waals surface area contributed by atoms with E-state index in [0.717, 1.165) is 30.6 Å². The van der Waals surface area contributed by atoms with E-state index in [0.29, 0.717) is 5.13 Å². The van der Waals surface area contributed by atoms with Gasteiger partial charge in [0.15, 0.2) is 5.13 Å². The Morgan fingerprint density at radius 1 is 1.26 bits per heavy atom. The SMILES string of the molecule is Cl.O=C(Nc1nc(-c2ccc3c(c2)CCC3)cs1)C1CCCN1. The lowest BCUT2D eigenvalue weighted by molar-refractivity contribution is -0.117. The molecule has 2 N–H and O–H groups in total. The lowest BCUT2D eigenvalue weighted by Crippen LogP contribution is -2.35. The molecule has 6 heteroatoms. The Hall–Kier alpha value is -1.43. The number of nitrogens with zero attached hydrogens (tertiary/aromatic N) is 1. The first-order valence-corrected chi connectivity index (χ1v) is 8.79. The summed E-state index contributed by atoms with van der Waals surface area (Å²) in [4.78, 5) is 16.7. The largest absolute Gasteiger partial charge is 0.306 e. The van der Waals surface area contributed by atoms with Crippen molar-refractivity contribution in [2.24, 2.45) is 0 Å². The smallest absolute Gasteiger partial charge is 0.243 e. The number of rotatable bonds is 3. The van der Waals surface area contributed by atoms with E-state index < -0.39 is 0 Å². The molecule has 1 aromatic carbocycles. The Kier molecular flexibility index (Phi) is 4.99. The number of halogens is 1. The van der Waals surface area contributed by atoms with Gasteiger partial charge in [0.1, 0.15) is 0 Å². The number of nitrogens with one attached hydrogen (secondary N) is 2. The molecule has 2 aliphatic rings. The van der Waals surface area contributed by atoms with Gasteiger partial charge in [0.2, 0.25) is 5.91 Å². The molecule has 0 radical (unpaired) electrons. The molecule has 1 unspecified atom stereocenters. The van der Waals surface area contributed by atoms with Crippen molar-refractivity contribution >= 4 is 34.8 Å². The highest BCUT2D eigenvalue weighted by atomic mass is 35.5. The third-order valence-corrected chi connectivity index (χ3v) is 5.26. The Balaban J connectivity index is 0.00000156. The summed E-state index contributed by atoms with van der Waals surface area (Å²) in [7, 11) is 0. The van der Waals surface area contributed by atoms with Gasteiger partial charge >= 0.3 is 0 Å². The Bertz CT molecular complexity index is 710. The summed E-state index contributed by atoms with van der Waals surface area (Å²) in [6.07, 6.45) is 5.60. The number of amides is 1. The van der Waals surface area contributed by atoms with Crippen molar-refractivity contribution in [2.45, 2.75) is 38.1 Å². The fourth-order valence-electron chi connectivity index (χ4n) is 3.30. The average molecular weight is 350 g/mol. The highest BCUT2D eigenvalue weighted by Crippen LogP contribution is 2.30. The minimum atomic E-state index is -0.0626. The second-order valence-electron chi connectivity index (χ2n) is 6.01. The molecule has 23 heavy (non-hydrogen) atoms. The molecule has 0 bridgehead atoms. The summed E-state index contributed by atoms with van der Waals surface area (Å²) in [6.45, 7) is 0.927. The number of carbonyl (C=O) groups is 1. The number of aryl methyl sites for hydroxylation is 2. The standard InChI is InChI=1S/C17H19N3OS.ClH/c21-16(14-5-2-8-18-14)20-17-19-15(10-22-17)13-7-6-11-3-1-4-12(11)9-13;/h6-7,9-10,14,18H,1-5,8H2,(H,19,20,21);1H. The van der Waals surface area contributed by atoms with E-state index >= 15 is 0 Å². The molecule has 2 aromatic rings. The highest BCUT2D eigenvalue weighted by Gasteiger charge is 2.22. The van der Waals surface area contributed by atoms with Crippen molar-refractivity contribution < 1.29 is 4.79 Å². The van der Waals surface area contributed by atoms with Gasteiger partial charge in [0.05, 0.1) is 11.7 Å². The number of aromatic nitrogens is 1. The first-order valence-electron chi connectivity index (χ1n) is 7.91. The van der Waals surface area contributed by atoms with E-state index in [1.807, 2.05) is 5.38 Å². The zero-order chi connectivity index (χ0) is 14.9. The van der Waals surface area contributed by atoms with Crippen LogP contribution < -0.4 is 10.6 Å². The van der Waals surface area contributed by atoms with Crippen molar-refractivity contribution in [1.82, 2.24) is 10.3 Å². The van der Waals surface area contributed by atoms with Gasteiger partial charge in [-0.05, 0) is 55.8 Å². The molecule has 122 valence electrons. The van der Waals surface area contributed by atoms with Gasteiger partial charge in [-0.1, -0.05) is 12.1 Å². The maximum atomic E-state index is 12.1. The van der Waals surface area contributed by atoms with Crippen LogP contribution in [0, 0.1) is 0 Å². The van der Waals surface area contributed by atoms with Gasteiger partial charge < -0.3 is 10.6 Å². The van der Waals surface area contributed by atoms with Crippen molar-refractivity contribution in [3.63, 3.8) is 0 Å². The lowest BCUT2D eigenvalue weighted by Gasteiger charge is -2.08. The molecule has 1 fully saturated rings. The number of anilines is 1. The summed E-state index contributed by atoms with van der Waals surface area (Å²) in [5.41, 5.74) is 5.02. The zero-order valence-electron chi connectivity index (χ0n) is 12.8. The third-order valence-electron chi connectivity index (χ3n) is 4.51. The molecular weight excluding hydrogens is 330 g/mol. The van der Waals surface area contributed by atoms with Crippen molar-refractivity contribution in [3.8, 4) is 11.3 Å². The van der Waals surface area contributed by atoms with Crippen molar-refractivity contribution in [2.75, 3.05) is 11.9 Å². The molecule has 2 heterocycles. The minimum absolute atomic E-state index is 0. The Labute approximate surface area is 146 Å². The summed E-state index contributed by atoms with van der Waals surface area (Å²) < 4.78 is 0. The molecule has 1 atom stereocenters. The number of thiazole rings is 1.